The first-order chi connectivity index (χ1) is 14.3. The first kappa shape index (κ1) is 22.6. The lowest BCUT2D eigenvalue weighted by molar-refractivity contribution is 0.0949. The van der Waals surface area contributed by atoms with Gasteiger partial charge in [-0.15, -0.1) is 0 Å². The molecule has 0 atom stereocenters. The Bertz CT molecular complexity index is 878. The van der Waals surface area contributed by atoms with E-state index in [1.807, 2.05) is 18.2 Å². The zero-order valence-electron chi connectivity index (χ0n) is 18.7. The van der Waals surface area contributed by atoms with Crippen molar-refractivity contribution in [3.05, 3.63) is 46.6 Å². The van der Waals surface area contributed by atoms with Gasteiger partial charge >= 0.3 is 0 Å². The molecule has 162 valence electrons. The van der Waals surface area contributed by atoms with Crippen LogP contribution in [0.4, 0.5) is 5.82 Å². The van der Waals surface area contributed by atoms with Crippen LogP contribution in [0.3, 0.4) is 0 Å². The number of likely N-dealkylation sites (N-methyl/N-ethyl adjacent to an activating group) is 1. The third kappa shape index (κ3) is 5.95. The monoisotopic (exact) mass is 427 g/mol. The van der Waals surface area contributed by atoms with E-state index in [4.69, 9.17) is 9.97 Å². The molecule has 30 heavy (non-hydrogen) atoms. The van der Waals surface area contributed by atoms with Gasteiger partial charge in [0.2, 0.25) is 0 Å². The average molecular weight is 428 g/mol. The number of carbonyl (C=O) groups excluding carboxylic acids is 1. The molecule has 2 aromatic rings. The highest BCUT2D eigenvalue weighted by Gasteiger charge is 2.19. The number of benzene rings is 1. The van der Waals surface area contributed by atoms with Crippen molar-refractivity contribution in [2.24, 2.45) is 5.92 Å². The second-order valence-electron chi connectivity index (χ2n) is 8.42. The Morgan fingerprint density at radius 3 is 2.60 bits per heavy atom. The third-order valence-corrected chi connectivity index (χ3v) is 6.29. The molecule has 1 saturated heterocycles. The van der Waals surface area contributed by atoms with Crippen LogP contribution < -0.4 is 10.2 Å². The summed E-state index contributed by atoms with van der Waals surface area (Å²) in [5.74, 6) is 2.20. The second-order valence-corrected chi connectivity index (χ2v) is 9.37. The summed E-state index contributed by atoms with van der Waals surface area (Å²) < 4.78 is 0. The largest absolute Gasteiger partial charge is 0.354 e. The van der Waals surface area contributed by atoms with Gasteiger partial charge in [0.05, 0.1) is 0 Å². The smallest absolute Gasteiger partial charge is 0.251 e. The maximum absolute atomic E-state index is 12.3. The summed E-state index contributed by atoms with van der Waals surface area (Å²) in [6.07, 6.45) is 0. The number of aromatic nitrogens is 2. The van der Waals surface area contributed by atoms with Crippen LogP contribution >= 0.6 is 11.8 Å². The van der Waals surface area contributed by atoms with Crippen molar-refractivity contribution in [2.45, 2.75) is 38.6 Å². The average Bonchev–Trinajstić information content (AvgIpc) is 2.73. The number of aryl methyl sites for hydroxylation is 1. The lowest BCUT2D eigenvalue weighted by atomic mass is 10.1. The fourth-order valence-electron chi connectivity index (χ4n) is 3.33. The van der Waals surface area contributed by atoms with Gasteiger partial charge in [-0.3, -0.25) is 4.79 Å². The molecule has 1 amide bonds. The number of hydrogen-bond acceptors (Lipinski definition) is 6. The van der Waals surface area contributed by atoms with Crippen molar-refractivity contribution < 1.29 is 4.79 Å². The molecule has 3 rings (SSSR count). The number of carbonyl (C=O) groups is 1. The quantitative estimate of drug-likeness (QED) is 0.539. The van der Waals surface area contributed by atoms with E-state index < -0.39 is 0 Å². The first-order valence-electron chi connectivity index (χ1n) is 10.6. The highest BCUT2D eigenvalue weighted by Crippen LogP contribution is 2.27. The van der Waals surface area contributed by atoms with Gasteiger partial charge in [-0.1, -0.05) is 37.7 Å². The number of thioether (sulfide) groups is 1. The summed E-state index contributed by atoms with van der Waals surface area (Å²) in [5.41, 5.74) is 3.99. The van der Waals surface area contributed by atoms with Crippen LogP contribution in [0.1, 0.15) is 41.0 Å². The van der Waals surface area contributed by atoms with Crippen molar-refractivity contribution in [3.8, 4) is 0 Å². The zero-order chi connectivity index (χ0) is 21.7. The van der Waals surface area contributed by atoms with E-state index in [1.165, 1.54) is 0 Å². The van der Waals surface area contributed by atoms with Crippen LogP contribution in [-0.2, 0) is 5.75 Å². The highest BCUT2D eigenvalue weighted by atomic mass is 32.2. The van der Waals surface area contributed by atoms with Gasteiger partial charge in [-0.25, -0.2) is 9.97 Å². The minimum Gasteiger partial charge on any atom is -0.354 e. The van der Waals surface area contributed by atoms with Gasteiger partial charge in [-0.05, 0) is 44.5 Å². The summed E-state index contributed by atoms with van der Waals surface area (Å²) >= 11 is 1.62. The van der Waals surface area contributed by atoms with Crippen LogP contribution in [0.5, 0.6) is 0 Å². The van der Waals surface area contributed by atoms with Crippen LogP contribution in [0.25, 0.3) is 0 Å². The molecular weight excluding hydrogens is 394 g/mol. The molecule has 1 aliphatic heterocycles. The minimum atomic E-state index is -0.0182. The molecular formula is C23H33N5OS. The molecule has 1 aliphatic rings. The molecule has 0 aliphatic carbocycles. The fourth-order valence-corrected chi connectivity index (χ4v) is 4.16. The molecule has 2 heterocycles. The Kier molecular flexibility index (Phi) is 7.72. The lowest BCUT2D eigenvalue weighted by Crippen LogP contribution is -2.45. The molecule has 0 saturated carbocycles. The molecule has 0 spiro atoms. The van der Waals surface area contributed by atoms with Gasteiger partial charge < -0.3 is 15.1 Å². The van der Waals surface area contributed by atoms with E-state index >= 15 is 0 Å². The van der Waals surface area contributed by atoms with E-state index in [2.05, 4.69) is 55.9 Å². The van der Waals surface area contributed by atoms with E-state index in [1.54, 1.807) is 11.8 Å². The van der Waals surface area contributed by atoms with E-state index in [0.29, 0.717) is 18.0 Å². The van der Waals surface area contributed by atoms with Gasteiger partial charge in [0.1, 0.15) is 5.82 Å². The van der Waals surface area contributed by atoms with Crippen LogP contribution in [0.15, 0.2) is 29.4 Å². The summed E-state index contributed by atoms with van der Waals surface area (Å²) in [6, 6.07) is 7.82. The van der Waals surface area contributed by atoms with Gasteiger partial charge in [0.25, 0.3) is 5.91 Å². The molecule has 1 aromatic heterocycles. The SMILES string of the molecule is Cc1nc(SCc2cccc(C(=O)NCC(C)C)c2)nc(N2CCN(C)CC2)c1C. The van der Waals surface area contributed by atoms with Crippen LogP contribution in [-0.4, -0.2) is 60.5 Å². The summed E-state index contributed by atoms with van der Waals surface area (Å²) in [5, 5.41) is 3.77. The number of nitrogens with one attached hydrogen (secondary N) is 1. The zero-order valence-corrected chi connectivity index (χ0v) is 19.6. The molecule has 7 heteroatoms. The predicted octanol–water partition coefficient (Wildman–Crippen LogP) is 3.52. The predicted molar refractivity (Wildman–Crippen MR) is 124 cm³/mol. The van der Waals surface area contributed by atoms with Crippen molar-refractivity contribution in [1.82, 2.24) is 20.2 Å². The molecule has 6 nitrogen and oxygen atoms in total. The van der Waals surface area contributed by atoms with E-state index in [-0.39, 0.29) is 5.91 Å². The first-order valence-corrected chi connectivity index (χ1v) is 11.6. The van der Waals surface area contributed by atoms with Gasteiger partial charge in [0.15, 0.2) is 5.16 Å². The van der Waals surface area contributed by atoms with Crippen molar-refractivity contribution >= 4 is 23.5 Å². The highest BCUT2D eigenvalue weighted by molar-refractivity contribution is 7.98. The van der Waals surface area contributed by atoms with Crippen molar-refractivity contribution in [2.75, 3.05) is 44.7 Å². The Morgan fingerprint density at radius 2 is 1.90 bits per heavy atom. The maximum Gasteiger partial charge on any atom is 0.251 e. The summed E-state index contributed by atoms with van der Waals surface area (Å²) in [7, 11) is 2.16. The number of rotatable bonds is 7. The number of piperazine rings is 1. The van der Waals surface area contributed by atoms with Crippen molar-refractivity contribution in [1.29, 1.82) is 0 Å². The van der Waals surface area contributed by atoms with Gasteiger partial charge in [-0.2, -0.15) is 0 Å². The summed E-state index contributed by atoms with van der Waals surface area (Å²) in [6.45, 7) is 13.1. The Morgan fingerprint density at radius 1 is 1.17 bits per heavy atom. The number of hydrogen-bond donors (Lipinski definition) is 1. The topological polar surface area (TPSA) is 61.4 Å². The lowest BCUT2D eigenvalue weighted by Gasteiger charge is -2.34. The number of anilines is 1. The van der Waals surface area contributed by atoms with E-state index in [9.17, 15) is 4.79 Å². The summed E-state index contributed by atoms with van der Waals surface area (Å²) in [4.78, 5) is 26.6. The Hall–Kier alpha value is -2.12. The maximum atomic E-state index is 12.3. The fraction of sp³-hybridized carbons (Fsp3) is 0.522. The van der Waals surface area contributed by atoms with Gasteiger partial charge in [0, 0.05) is 55.3 Å². The normalized spacial score (nSPS) is 14.9. The molecule has 1 N–H and O–H groups in total. The molecule has 0 bridgehead atoms. The minimum absolute atomic E-state index is 0.0182. The molecule has 0 radical (unpaired) electrons. The van der Waals surface area contributed by atoms with Crippen LogP contribution in [0, 0.1) is 19.8 Å². The number of amides is 1. The number of nitrogens with zero attached hydrogens (tertiary/aromatic N) is 4. The van der Waals surface area contributed by atoms with Crippen LogP contribution in [0.2, 0.25) is 0 Å². The third-order valence-electron chi connectivity index (χ3n) is 5.37. The van der Waals surface area contributed by atoms with Crippen molar-refractivity contribution in [3.63, 3.8) is 0 Å². The Labute approximate surface area is 184 Å². The molecule has 1 aromatic carbocycles. The molecule has 0 unspecified atom stereocenters. The Balaban J connectivity index is 1.68. The molecule has 1 fully saturated rings. The standard InChI is InChI=1S/C23H33N5OS/c1-16(2)14-24-22(29)20-8-6-7-19(13-20)15-30-23-25-18(4)17(3)21(26-23)28-11-9-27(5)10-12-28/h6-8,13,16H,9-12,14-15H2,1-5H3,(H,24,29). The second kappa shape index (κ2) is 10.3. The van der Waals surface area contributed by atoms with E-state index in [0.717, 1.165) is 59.7 Å².